The summed E-state index contributed by atoms with van der Waals surface area (Å²) in [5.41, 5.74) is 0.502. The minimum Gasteiger partial charge on any atom is -0.391 e. The van der Waals surface area contributed by atoms with Gasteiger partial charge < -0.3 is 10.0 Å². The smallest absolute Gasteiger partial charge is 0.333 e. The topological polar surface area (TPSA) is 84.4 Å². The van der Waals surface area contributed by atoms with Crippen LogP contribution in [0.15, 0.2) is 0 Å². The van der Waals surface area contributed by atoms with Crippen LogP contribution in [0.3, 0.4) is 0 Å². The van der Waals surface area contributed by atoms with Crippen molar-refractivity contribution in [2.75, 3.05) is 18.0 Å². The van der Waals surface area contributed by atoms with E-state index in [4.69, 9.17) is 0 Å². The fourth-order valence-electron chi connectivity index (χ4n) is 2.39. The van der Waals surface area contributed by atoms with Gasteiger partial charge in [0.25, 0.3) is 0 Å². The molecular formula is C11H18N4O3. The maximum absolute atomic E-state index is 11.2. The van der Waals surface area contributed by atoms with E-state index in [-0.39, 0.29) is 10.6 Å². The van der Waals surface area contributed by atoms with Gasteiger partial charge in [0.05, 0.1) is 11.0 Å². The van der Waals surface area contributed by atoms with Crippen molar-refractivity contribution in [3.63, 3.8) is 0 Å². The third-order valence-corrected chi connectivity index (χ3v) is 3.15. The van der Waals surface area contributed by atoms with Crippen molar-refractivity contribution in [3.8, 4) is 0 Å². The maximum Gasteiger partial charge on any atom is 0.333 e. The lowest BCUT2D eigenvalue weighted by Crippen LogP contribution is -2.25. The Morgan fingerprint density at radius 3 is 2.83 bits per heavy atom. The van der Waals surface area contributed by atoms with Gasteiger partial charge in [0, 0.05) is 19.6 Å². The highest BCUT2D eigenvalue weighted by Gasteiger charge is 2.32. The second kappa shape index (κ2) is 4.93. The van der Waals surface area contributed by atoms with Gasteiger partial charge >= 0.3 is 5.69 Å². The van der Waals surface area contributed by atoms with Crippen molar-refractivity contribution < 1.29 is 10.0 Å². The first-order valence-electron chi connectivity index (χ1n) is 6.19. The van der Waals surface area contributed by atoms with E-state index in [1.807, 2.05) is 11.8 Å². The van der Waals surface area contributed by atoms with Gasteiger partial charge in [-0.2, -0.15) is 5.10 Å². The molecule has 18 heavy (non-hydrogen) atoms. The van der Waals surface area contributed by atoms with Crippen LogP contribution in [-0.2, 0) is 6.54 Å². The van der Waals surface area contributed by atoms with Gasteiger partial charge in [-0.3, -0.25) is 10.1 Å². The van der Waals surface area contributed by atoms with Gasteiger partial charge in [0.1, 0.15) is 5.69 Å². The fraction of sp³-hybridized carbons (Fsp3) is 0.727. The van der Waals surface area contributed by atoms with Crippen LogP contribution in [0.5, 0.6) is 0 Å². The Kier molecular flexibility index (Phi) is 3.51. The van der Waals surface area contributed by atoms with Crippen LogP contribution in [0.4, 0.5) is 11.5 Å². The molecule has 1 N–H and O–H groups in total. The molecule has 1 aromatic heterocycles. The fourth-order valence-corrected chi connectivity index (χ4v) is 2.39. The second-order valence-corrected chi connectivity index (χ2v) is 4.63. The molecule has 0 saturated carbocycles. The number of aryl methyl sites for hydroxylation is 2. The molecule has 0 amide bonds. The number of hydrogen-bond acceptors (Lipinski definition) is 5. The molecule has 7 nitrogen and oxygen atoms in total. The normalized spacial score (nSPS) is 19.5. The molecular weight excluding hydrogens is 236 g/mol. The lowest BCUT2D eigenvalue weighted by atomic mass is 10.3. The van der Waals surface area contributed by atoms with Gasteiger partial charge in [-0.15, -0.1) is 0 Å². The molecule has 0 bridgehead atoms. The molecule has 1 atom stereocenters. The highest BCUT2D eigenvalue weighted by atomic mass is 16.6. The number of aromatic nitrogens is 2. The number of rotatable bonds is 4. The largest absolute Gasteiger partial charge is 0.391 e. The Morgan fingerprint density at radius 2 is 2.33 bits per heavy atom. The van der Waals surface area contributed by atoms with Crippen molar-refractivity contribution in [2.45, 2.75) is 39.3 Å². The number of nitrogens with zero attached hydrogens (tertiary/aromatic N) is 4. The van der Waals surface area contributed by atoms with E-state index >= 15 is 0 Å². The molecule has 0 aliphatic carbocycles. The lowest BCUT2D eigenvalue weighted by Gasteiger charge is -2.18. The van der Waals surface area contributed by atoms with E-state index in [1.165, 1.54) is 0 Å². The predicted octanol–water partition coefficient (Wildman–Crippen LogP) is 1.08. The van der Waals surface area contributed by atoms with Gasteiger partial charge in [-0.1, -0.05) is 6.92 Å². The van der Waals surface area contributed by atoms with Crippen molar-refractivity contribution in [2.24, 2.45) is 0 Å². The molecule has 0 aromatic carbocycles. The van der Waals surface area contributed by atoms with Crippen LogP contribution < -0.4 is 4.90 Å². The first-order valence-corrected chi connectivity index (χ1v) is 6.19. The molecule has 2 heterocycles. The number of nitro groups is 1. The Morgan fingerprint density at radius 1 is 1.61 bits per heavy atom. The zero-order chi connectivity index (χ0) is 13.3. The van der Waals surface area contributed by atoms with Gasteiger partial charge in [0.15, 0.2) is 0 Å². The van der Waals surface area contributed by atoms with Gasteiger partial charge in [-0.25, -0.2) is 4.68 Å². The average molecular weight is 254 g/mol. The number of aliphatic hydroxyl groups excluding tert-OH is 1. The van der Waals surface area contributed by atoms with Crippen LogP contribution in [0.2, 0.25) is 0 Å². The molecule has 1 aromatic rings. The highest BCUT2D eigenvalue weighted by Crippen LogP contribution is 2.33. The molecule has 1 aliphatic rings. The molecule has 7 heteroatoms. The minimum atomic E-state index is -0.408. The van der Waals surface area contributed by atoms with Crippen molar-refractivity contribution in [1.82, 2.24) is 9.78 Å². The maximum atomic E-state index is 11.2. The number of hydrogen-bond donors (Lipinski definition) is 1. The SMILES string of the molecule is CCCn1nc(C)c([N+](=O)[O-])c1N1CC[C@H](O)C1. The summed E-state index contributed by atoms with van der Waals surface area (Å²) in [5, 5.41) is 25.0. The summed E-state index contributed by atoms with van der Waals surface area (Å²) in [6.45, 7) is 5.38. The summed E-state index contributed by atoms with van der Waals surface area (Å²) in [7, 11) is 0. The third-order valence-electron chi connectivity index (χ3n) is 3.15. The molecule has 1 aliphatic heterocycles. The average Bonchev–Trinajstić information content (AvgIpc) is 2.83. The Hall–Kier alpha value is -1.63. The van der Waals surface area contributed by atoms with E-state index in [1.54, 1.807) is 11.6 Å². The molecule has 0 radical (unpaired) electrons. The standard InChI is InChI=1S/C11H18N4O3/c1-3-5-14-11(13-6-4-9(16)7-13)10(15(17)18)8(2)12-14/h9,16H,3-7H2,1-2H3/t9-/m0/s1. The molecule has 1 saturated heterocycles. The molecule has 1 fully saturated rings. The second-order valence-electron chi connectivity index (χ2n) is 4.63. The van der Waals surface area contributed by atoms with Crippen LogP contribution >= 0.6 is 0 Å². The molecule has 0 spiro atoms. The molecule has 2 rings (SSSR count). The number of aliphatic hydroxyl groups is 1. The van der Waals surface area contributed by atoms with E-state index < -0.39 is 6.10 Å². The summed E-state index contributed by atoms with van der Waals surface area (Å²) >= 11 is 0. The summed E-state index contributed by atoms with van der Waals surface area (Å²) in [5.74, 6) is 0.538. The van der Waals surface area contributed by atoms with Crippen LogP contribution in [-0.4, -0.2) is 39.0 Å². The van der Waals surface area contributed by atoms with Crippen LogP contribution in [0.1, 0.15) is 25.5 Å². The monoisotopic (exact) mass is 254 g/mol. The zero-order valence-electron chi connectivity index (χ0n) is 10.7. The van der Waals surface area contributed by atoms with E-state index in [0.717, 1.165) is 6.42 Å². The Labute approximate surface area is 105 Å². The lowest BCUT2D eigenvalue weighted by molar-refractivity contribution is -0.384. The third kappa shape index (κ3) is 2.17. The van der Waals surface area contributed by atoms with Crippen molar-refractivity contribution in [1.29, 1.82) is 0 Å². The predicted molar refractivity (Wildman–Crippen MR) is 66.7 cm³/mol. The zero-order valence-corrected chi connectivity index (χ0v) is 10.7. The summed E-state index contributed by atoms with van der Waals surface area (Å²) < 4.78 is 1.69. The van der Waals surface area contributed by atoms with Crippen molar-refractivity contribution >= 4 is 11.5 Å². The highest BCUT2D eigenvalue weighted by molar-refractivity contribution is 5.62. The Bertz CT molecular complexity index is 457. The van der Waals surface area contributed by atoms with Crippen molar-refractivity contribution in [3.05, 3.63) is 15.8 Å². The van der Waals surface area contributed by atoms with Crippen LogP contribution in [0.25, 0.3) is 0 Å². The molecule has 0 unspecified atom stereocenters. The summed E-state index contributed by atoms with van der Waals surface area (Å²) in [6, 6.07) is 0. The van der Waals surface area contributed by atoms with E-state index in [2.05, 4.69) is 5.10 Å². The van der Waals surface area contributed by atoms with E-state index in [0.29, 0.717) is 37.6 Å². The van der Waals surface area contributed by atoms with Gasteiger partial charge in [-0.05, 0) is 19.8 Å². The minimum absolute atomic E-state index is 0.0672. The molecule has 100 valence electrons. The Balaban J connectivity index is 2.43. The van der Waals surface area contributed by atoms with Crippen LogP contribution in [0, 0.1) is 17.0 Å². The number of anilines is 1. The number of β-amino-alcohol motifs (C(OH)–C–C–N with tert-alkyl or cyclic N) is 1. The first kappa shape index (κ1) is 12.8. The summed E-state index contributed by atoms with van der Waals surface area (Å²) in [6.07, 6.45) is 1.10. The first-order chi connectivity index (χ1) is 8.54. The van der Waals surface area contributed by atoms with Gasteiger partial charge in [0.2, 0.25) is 5.82 Å². The van der Waals surface area contributed by atoms with E-state index in [9.17, 15) is 15.2 Å². The quantitative estimate of drug-likeness (QED) is 0.642. The summed E-state index contributed by atoms with van der Waals surface area (Å²) in [4.78, 5) is 12.6.